The van der Waals surface area contributed by atoms with E-state index in [0.29, 0.717) is 15.6 Å². The van der Waals surface area contributed by atoms with Gasteiger partial charge in [0.2, 0.25) is 6.08 Å². The van der Waals surface area contributed by atoms with Gasteiger partial charge in [0.1, 0.15) is 12.1 Å². The quantitative estimate of drug-likeness (QED) is 0.474. The minimum atomic E-state index is -1.06. The third-order valence-corrected chi connectivity index (χ3v) is 3.67. The van der Waals surface area contributed by atoms with Gasteiger partial charge in [0, 0.05) is 0 Å². The van der Waals surface area contributed by atoms with E-state index in [1.807, 2.05) is 0 Å². The third-order valence-electron chi connectivity index (χ3n) is 2.93. The van der Waals surface area contributed by atoms with Gasteiger partial charge < -0.3 is 4.74 Å². The van der Waals surface area contributed by atoms with Crippen LogP contribution in [0.2, 0.25) is 10.0 Å². The van der Waals surface area contributed by atoms with Crippen LogP contribution < -0.4 is 0 Å². The van der Waals surface area contributed by atoms with Crippen LogP contribution in [0.5, 0.6) is 0 Å². The Kier molecular flexibility index (Phi) is 5.57. The first-order valence-corrected chi connectivity index (χ1v) is 7.07. The smallest absolute Gasteiger partial charge is 0.311 e. The number of rotatable bonds is 4. The van der Waals surface area contributed by atoms with E-state index in [2.05, 4.69) is 4.99 Å². The third kappa shape index (κ3) is 4.57. The molecule has 0 saturated carbocycles. The predicted molar refractivity (Wildman–Crippen MR) is 82.3 cm³/mol. The van der Waals surface area contributed by atoms with Crippen molar-refractivity contribution in [1.82, 2.24) is 0 Å². The largest absolute Gasteiger partial charge is 0.462 e. The summed E-state index contributed by atoms with van der Waals surface area (Å²) in [4.78, 5) is 26.3. The normalized spacial score (nSPS) is 14.0. The number of esters is 1. The Morgan fingerprint density at radius 3 is 2.33 bits per heavy atom. The van der Waals surface area contributed by atoms with Crippen LogP contribution in [0.1, 0.15) is 33.3 Å². The highest BCUT2D eigenvalue weighted by atomic mass is 35.5. The van der Waals surface area contributed by atoms with Crippen LogP contribution in [0.3, 0.4) is 0 Å². The van der Waals surface area contributed by atoms with Crippen molar-refractivity contribution < 1.29 is 14.3 Å². The van der Waals surface area contributed by atoms with Crippen LogP contribution in [0.15, 0.2) is 23.2 Å². The number of hydrogen-bond donors (Lipinski definition) is 0. The topological polar surface area (TPSA) is 55.7 Å². The summed E-state index contributed by atoms with van der Waals surface area (Å²) in [5.74, 6) is -0.380. The molecule has 0 bridgehead atoms. The molecule has 1 aromatic carbocycles. The molecule has 0 heterocycles. The summed E-state index contributed by atoms with van der Waals surface area (Å²) in [7, 11) is 0. The zero-order chi connectivity index (χ0) is 16.3. The fourth-order valence-electron chi connectivity index (χ4n) is 1.53. The minimum absolute atomic E-state index is 0.0870. The lowest BCUT2D eigenvalue weighted by atomic mass is 9.93. The summed E-state index contributed by atoms with van der Waals surface area (Å²) in [6.45, 7) is 6.81. The molecule has 4 nitrogen and oxygen atoms in total. The predicted octanol–water partition coefficient (Wildman–Crippen LogP) is 4.13. The standard InChI is InChI=1S/C15H17Cl2NO3/c1-14(2,3)13(20)21-8-15(4,18-9-19)10-5-6-11(16)12(17)7-10/h5-7H,8H2,1-4H3. The Hall–Kier alpha value is -1.35. The molecule has 0 spiro atoms. The molecule has 1 atom stereocenters. The molecular formula is C15H17Cl2NO3. The first-order chi connectivity index (χ1) is 9.60. The van der Waals surface area contributed by atoms with Crippen LogP contribution in [0.4, 0.5) is 0 Å². The molecule has 0 N–H and O–H groups in total. The second-order valence-electron chi connectivity index (χ2n) is 5.93. The van der Waals surface area contributed by atoms with Gasteiger partial charge in [-0.2, -0.15) is 4.99 Å². The molecule has 0 aliphatic carbocycles. The lowest BCUT2D eigenvalue weighted by Crippen LogP contribution is -2.32. The molecule has 0 radical (unpaired) electrons. The average Bonchev–Trinajstić information content (AvgIpc) is 2.38. The summed E-state index contributed by atoms with van der Waals surface area (Å²) in [5.41, 5.74) is -1.08. The number of aliphatic imine (C=N–C) groups is 1. The summed E-state index contributed by atoms with van der Waals surface area (Å²) in [5, 5.41) is 0.730. The van der Waals surface area contributed by atoms with Crippen LogP contribution >= 0.6 is 23.2 Å². The lowest BCUT2D eigenvalue weighted by molar-refractivity contribution is -0.154. The molecule has 1 unspecified atom stereocenters. The molecule has 21 heavy (non-hydrogen) atoms. The van der Waals surface area contributed by atoms with Crippen molar-refractivity contribution in [2.75, 3.05) is 6.61 Å². The molecule has 6 heteroatoms. The van der Waals surface area contributed by atoms with Crippen molar-refractivity contribution in [3.8, 4) is 0 Å². The maximum absolute atomic E-state index is 11.9. The summed E-state index contributed by atoms with van der Waals surface area (Å²) in [6.07, 6.45) is 1.51. The Labute approximate surface area is 134 Å². The number of nitrogens with zero attached hydrogens (tertiary/aromatic N) is 1. The maximum Gasteiger partial charge on any atom is 0.311 e. The SMILES string of the molecule is CC(C)(C)C(=O)OCC(C)(N=C=O)c1ccc(Cl)c(Cl)c1. The van der Waals surface area contributed by atoms with Gasteiger partial charge in [-0.1, -0.05) is 29.3 Å². The molecule has 0 aromatic heterocycles. The number of halogens is 2. The van der Waals surface area contributed by atoms with Crippen molar-refractivity contribution in [2.24, 2.45) is 10.4 Å². The highest BCUT2D eigenvalue weighted by molar-refractivity contribution is 6.42. The van der Waals surface area contributed by atoms with E-state index < -0.39 is 11.0 Å². The number of isocyanates is 1. The van der Waals surface area contributed by atoms with E-state index in [0.717, 1.165) is 0 Å². The van der Waals surface area contributed by atoms with E-state index in [1.54, 1.807) is 45.9 Å². The molecule has 114 valence electrons. The van der Waals surface area contributed by atoms with Gasteiger partial charge in [-0.15, -0.1) is 0 Å². The van der Waals surface area contributed by atoms with Crippen molar-refractivity contribution in [3.63, 3.8) is 0 Å². The maximum atomic E-state index is 11.9. The van der Waals surface area contributed by atoms with Crippen LogP contribution in [-0.2, 0) is 19.9 Å². The number of hydrogen-bond acceptors (Lipinski definition) is 4. The van der Waals surface area contributed by atoms with Crippen molar-refractivity contribution in [1.29, 1.82) is 0 Å². The van der Waals surface area contributed by atoms with Gasteiger partial charge >= 0.3 is 5.97 Å². The number of benzene rings is 1. The molecule has 1 aromatic rings. The number of ether oxygens (including phenoxy) is 1. The van der Waals surface area contributed by atoms with Crippen molar-refractivity contribution in [3.05, 3.63) is 33.8 Å². The van der Waals surface area contributed by atoms with Crippen LogP contribution in [0, 0.1) is 5.41 Å². The molecule has 0 fully saturated rings. The van der Waals surface area contributed by atoms with Gasteiger partial charge in [-0.3, -0.25) is 4.79 Å². The monoisotopic (exact) mass is 329 g/mol. The Morgan fingerprint density at radius 2 is 1.86 bits per heavy atom. The molecule has 0 saturated heterocycles. The zero-order valence-corrected chi connectivity index (χ0v) is 13.9. The average molecular weight is 330 g/mol. The van der Waals surface area contributed by atoms with Gasteiger partial charge in [0.25, 0.3) is 0 Å². The number of carbonyl (C=O) groups excluding carboxylic acids is 2. The van der Waals surface area contributed by atoms with E-state index in [4.69, 9.17) is 27.9 Å². The Morgan fingerprint density at radius 1 is 1.24 bits per heavy atom. The molecule has 0 aliphatic heterocycles. The summed E-state index contributed by atoms with van der Waals surface area (Å²) in [6, 6.07) is 4.87. The lowest BCUT2D eigenvalue weighted by Gasteiger charge is -2.26. The minimum Gasteiger partial charge on any atom is -0.462 e. The molecule has 0 aliphatic rings. The second-order valence-corrected chi connectivity index (χ2v) is 6.75. The Balaban J connectivity index is 3.06. The molecule has 1 rings (SSSR count). The molecule has 0 amide bonds. The number of carbonyl (C=O) groups is 1. The van der Waals surface area contributed by atoms with Gasteiger partial charge in [0.15, 0.2) is 0 Å². The highest BCUT2D eigenvalue weighted by Crippen LogP contribution is 2.32. The second kappa shape index (κ2) is 6.61. The van der Waals surface area contributed by atoms with E-state index in [-0.39, 0.29) is 12.6 Å². The fourth-order valence-corrected chi connectivity index (χ4v) is 1.83. The fraction of sp³-hybridized carbons (Fsp3) is 0.467. The summed E-state index contributed by atoms with van der Waals surface area (Å²) >= 11 is 11.8. The first kappa shape index (κ1) is 17.7. The molecular weight excluding hydrogens is 313 g/mol. The van der Waals surface area contributed by atoms with Gasteiger partial charge in [-0.25, -0.2) is 4.79 Å². The first-order valence-electron chi connectivity index (χ1n) is 6.32. The van der Waals surface area contributed by atoms with Gasteiger partial charge in [-0.05, 0) is 45.4 Å². The van der Waals surface area contributed by atoms with E-state index in [1.165, 1.54) is 6.08 Å². The highest BCUT2D eigenvalue weighted by Gasteiger charge is 2.31. The van der Waals surface area contributed by atoms with E-state index >= 15 is 0 Å². The van der Waals surface area contributed by atoms with Gasteiger partial charge in [0.05, 0.1) is 15.5 Å². The zero-order valence-electron chi connectivity index (χ0n) is 12.4. The van der Waals surface area contributed by atoms with E-state index in [9.17, 15) is 9.59 Å². The Bertz CT molecular complexity index is 589. The van der Waals surface area contributed by atoms with Crippen molar-refractivity contribution in [2.45, 2.75) is 33.2 Å². The van der Waals surface area contributed by atoms with Crippen molar-refractivity contribution >= 4 is 35.3 Å². The summed E-state index contributed by atoms with van der Waals surface area (Å²) < 4.78 is 5.26. The van der Waals surface area contributed by atoms with Crippen LogP contribution in [0.25, 0.3) is 0 Å². The van der Waals surface area contributed by atoms with Crippen LogP contribution in [-0.4, -0.2) is 18.7 Å².